The van der Waals surface area contributed by atoms with Crippen LogP contribution in [0, 0.1) is 0 Å². The van der Waals surface area contributed by atoms with Gasteiger partial charge >= 0.3 is 12.6 Å². The highest BCUT2D eigenvalue weighted by molar-refractivity contribution is 6.02. The van der Waals surface area contributed by atoms with Gasteiger partial charge in [0.25, 0.3) is 0 Å². The van der Waals surface area contributed by atoms with E-state index in [0.717, 1.165) is 0 Å². The Morgan fingerprint density at radius 3 is 2.38 bits per heavy atom. The molecule has 0 bridgehead atoms. The Hall–Kier alpha value is -3.16. The van der Waals surface area contributed by atoms with E-state index < -0.39 is 18.5 Å². The Balaban J connectivity index is 1.84. The van der Waals surface area contributed by atoms with Gasteiger partial charge in [-0.2, -0.15) is 8.78 Å². The number of amides is 3. The molecule has 0 aliphatic carbocycles. The van der Waals surface area contributed by atoms with Crippen LogP contribution in [0.3, 0.4) is 0 Å². The van der Waals surface area contributed by atoms with Crippen molar-refractivity contribution in [3.05, 3.63) is 54.6 Å². The van der Waals surface area contributed by atoms with Crippen LogP contribution < -0.4 is 20.7 Å². The molecule has 0 radical (unpaired) electrons. The number of rotatable bonds is 6. The molecule has 126 valence electrons. The van der Waals surface area contributed by atoms with Crippen LogP contribution in [0.15, 0.2) is 54.6 Å². The molecule has 0 aliphatic rings. The third-order valence-corrected chi connectivity index (χ3v) is 2.83. The second kappa shape index (κ2) is 8.47. The normalized spacial score (nSPS) is 10.1. The highest BCUT2D eigenvalue weighted by Gasteiger charge is 2.11. The molecule has 2 aromatic rings. The zero-order chi connectivity index (χ0) is 17.4. The molecule has 0 aliphatic heterocycles. The van der Waals surface area contributed by atoms with E-state index in [2.05, 4.69) is 20.7 Å². The second-order valence-electron chi connectivity index (χ2n) is 4.60. The van der Waals surface area contributed by atoms with Crippen LogP contribution in [0.5, 0.6) is 5.75 Å². The van der Waals surface area contributed by atoms with Crippen molar-refractivity contribution in [3.63, 3.8) is 0 Å². The standard InChI is InChI=1S/C16H15F2N3O3/c17-15(18)24-13-9-5-4-8-12(13)19-10-14(22)21-16(23)20-11-6-2-1-3-7-11/h1-9,15,19H,10H2,(H2,20,21,22,23). The van der Waals surface area contributed by atoms with Crippen LogP contribution in [0.4, 0.5) is 25.0 Å². The van der Waals surface area contributed by atoms with Crippen molar-refractivity contribution in [2.24, 2.45) is 0 Å². The molecule has 2 aromatic carbocycles. The van der Waals surface area contributed by atoms with Crippen LogP contribution in [0.1, 0.15) is 0 Å². The highest BCUT2D eigenvalue weighted by Crippen LogP contribution is 2.25. The van der Waals surface area contributed by atoms with Crippen molar-refractivity contribution in [1.82, 2.24) is 5.32 Å². The Morgan fingerprint density at radius 1 is 1.00 bits per heavy atom. The summed E-state index contributed by atoms with van der Waals surface area (Å²) < 4.78 is 28.9. The van der Waals surface area contributed by atoms with Gasteiger partial charge in [0.2, 0.25) is 5.91 Å². The van der Waals surface area contributed by atoms with Gasteiger partial charge in [0.15, 0.2) is 0 Å². The Labute approximate surface area is 136 Å². The van der Waals surface area contributed by atoms with Crippen LogP contribution in [-0.2, 0) is 4.79 Å². The van der Waals surface area contributed by atoms with Crippen molar-refractivity contribution >= 4 is 23.3 Å². The van der Waals surface area contributed by atoms with Gasteiger partial charge in [-0.25, -0.2) is 4.79 Å². The number of hydrogen-bond donors (Lipinski definition) is 3. The average molecular weight is 335 g/mol. The summed E-state index contributed by atoms with van der Waals surface area (Å²) in [5, 5.41) is 7.24. The first kappa shape index (κ1) is 17.2. The van der Waals surface area contributed by atoms with E-state index in [1.54, 1.807) is 36.4 Å². The van der Waals surface area contributed by atoms with Gasteiger partial charge in [-0.05, 0) is 24.3 Å². The monoisotopic (exact) mass is 335 g/mol. The smallest absolute Gasteiger partial charge is 0.387 e. The SMILES string of the molecule is O=C(CNc1ccccc1OC(F)F)NC(=O)Nc1ccccc1. The molecule has 0 unspecified atom stereocenters. The zero-order valence-electron chi connectivity index (χ0n) is 12.5. The predicted molar refractivity (Wildman–Crippen MR) is 85.2 cm³/mol. The molecular weight excluding hydrogens is 320 g/mol. The molecule has 3 amide bonds. The van der Waals surface area contributed by atoms with Gasteiger partial charge in [-0.1, -0.05) is 30.3 Å². The summed E-state index contributed by atoms with van der Waals surface area (Å²) in [6.45, 7) is -3.26. The number of urea groups is 1. The molecule has 0 heterocycles. The molecule has 6 nitrogen and oxygen atoms in total. The fourth-order valence-electron chi connectivity index (χ4n) is 1.84. The molecule has 0 atom stereocenters. The molecule has 2 rings (SSSR count). The number of carbonyl (C=O) groups is 2. The lowest BCUT2D eigenvalue weighted by atomic mass is 10.3. The maximum absolute atomic E-state index is 12.3. The van der Waals surface area contributed by atoms with Gasteiger partial charge in [-0.3, -0.25) is 10.1 Å². The Bertz CT molecular complexity index is 696. The highest BCUT2D eigenvalue weighted by atomic mass is 19.3. The van der Waals surface area contributed by atoms with Gasteiger partial charge in [-0.15, -0.1) is 0 Å². The van der Waals surface area contributed by atoms with E-state index in [0.29, 0.717) is 5.69 Å². The number of ether oxygens (including phenoxy) is 1. The summed E-state index contributed by atoms with van der Waals surface area (Å²) in [7, 11) is 0. The number of anilines is 2. The van der Waals surface area contributed by atoms with Crippen molar-refractivity contribution in [2.75, 3.05) is 17.2 Å². The third-order valence-electron chi connectivity index (χ3n) is 2.83. The van der Waals surface area contributed by atoms with E-state index in [1.807, 2.05) is 0 Å². The van der Waals surface area contributed by atoms with E-state index in [-0.39, 0.29) is 18.0 Å². The van der Waals surface area contributed by atoms with Crippen LogP contribution >= 0.6 is 0 Å². The topological polar surface area (TPSA) is 79.5 Å². The maximum atomic E-state index is 12.3. The van der Waals surface area contributed by atoms with Gasteiger partial charge in [0.05, 0.1) is 12.2 Å². The lowest BCUT2D eigenvalue weighted by molar-refractivity contribution is -0.118. The second-order valence-corrected chi connectivity index (χ2v) is 4.60. The van der Waals surface area contributed by atoms with Crippen molar-refractivity contribution in [1.29, 1.82) is 0 Å². The molecule has 0 saturated heterocycles. The first-order valence-electron chi connectivity index (χ1n) is 6.98. The molecule has 8 heteroatoms. The van der Waals surface area contributed by atoms with Crippen molar-refractivity contribution < 1.29 is 23.1 Å². The fourth-order valence-corrected chi connectivity index (χ4v) is 1.84. The molecule has 0 spiro atoms. The van der Waals surface area contributed by atoms with Gasteiger partial charge < -0.3 is 15.4 Å². The van der Waals surface area contributed by atoms with Crippen LogP contribution in [0.2, 0.25) is 0 Å². The minimum atomic E-state index is -2.97. The summed E-state index contributed by atoms with van der Waals surface area (Å²) in [6, 6.07) is 13.8. The largest absolute Gasteiger partial charge is 0.433 e. The summed E-state index contributed by atoms with van der Waals surface area (Å²) >= 11 is 0. The summed E-state index contributed by atoms with van der Waals surface area (Å²) in [5.74, 6) is -0.718. The number of nitrogens with one attached hydrogen (secondary N) is 3. The fraction of sp³-hybridized carbons (Fsp3) is 0.125. The summed E-state index contributed by atoms with van der Waals surface area (Å²) in [5.41, 5.74) is 0.753. The zero-order valence-corrected chi connectivity index (χ0v) is 12.5. The number of hydrogen-bond acceptors (Lipinski definition) is 4. The first-order valence-corrected chi connectivity index (χ1v) is 6.98. The molecule has 24 heavy (non-hydrogen) atoms. The van der Waals surface area contributed by atoms with Crippen LogP contribution in [0.25, 0.3) is 0 Å². The minimum absolute atomic E-state index is 0.0889. The number of alkyl halides is 2. The molecule has 0 aromatic heterocycles. The summed E-state index contributed by atoms with van der Waals surface area (Å²) in [6.07, 6.45) is 0. The first-order chi connectivity index (χ1) is 11.5. The van der Waals surface area contributed by atoms with Crippen molar-refractivity contribution in [2.45, 2.75) is 6.61 Å². The quantitative estimate of drug-likeness (QED) is 0.758. The lowest BCUT2D eigenvalue weighted by Crippen LogP contribution is -2.38. The van der Waals surface area contributed by atoms with Crippen LogP contribution in [-0.4, -0.2) is 25.1 Å². The lowest BCUT2D eigenvalue weighted by Gasteiger charge is -2.12. The molecule has 0 fully saturated rings. The van der Waals surface area contributed by atoms with E-state index in [4.69, 9.17) is 0 Å². The molecule has 0 saturated carbocycles. The van der Waals surface area contributed by atoms with Crippen molar-refractivity contribution in [3.8, 4) is 5.75 Å². The maximum Gasteiger partial charge on any atom is 0.387 e. The number of imide groups is 1. The number of halogens is 2. The molecular formula is C16H15F2N3O3. The van der Waals surface area contributed by atoms with E-state index >= 15 is 0 Å². The minimum Gasteiger partial charge on any atom is -0.433 e. The number of carbonyl (C=O) groups excluding carboxylic acids is 2. The third kappa shape index (κ3) is 5.56. The number of benzene rings is 2. The number of para-hydroxylation sites is 3. The Kier molecular flexibility index (Phi) is 6.07. The van der Waals surface area contributed by atoms with E-state index in [1.165, 1.54) is 18.2 Å². The summed E-state index contributed by atoms with van der Waals surface area (Å²) in [4.78, 5) is 23.4. The van der Waals surface area contributed by atoms with Gasteiger partial charge in [0, 0.05) is 5.69 Å². The average Bonchev–Trinajstić information content (AvgIpc) is 2.54. The Morgan fingerprint density at radius 2 is 1.67 bits per heavy atom. The van der Waals surface area contributed by atoms with Gasteiger partial charge in [0.1, 0.15) is 5.75 Å². The molecule has 3 N–H and O–H groups in total. The predicted octanol–water partition coefficient (Wildman–Crippen LogP) is 3.05. The van der Waals surface area contributed by atoms with E-state index in [9.17, 15) is 18.4 Å².